The van der Waals surface area contributed by atoms with Crippen LogP contribution in [0.1, 0.15) is 58.7 Å². The molecule has 1 fully saturated rings. The fourth-order valence-corrected chi connectivity index (χ4v) is 5.66. The molecule has 0 radical (unpaired) electrons. The number of hydrogen-bond donors (Lipinski definition) is 0. The van der Waals surface area contributed by atoms with Crippen LogP contribution in [0.3, 0.4) is 0 Å². The Kier molecular flexibility index (Phi) is 7.33. The summed E-state index contributed by atoms with van der Waals surface area (Å²) >= 11 is 0. The van der Waals surface area contributed by atoms with Crippen LogP contribution in [0.2, 0.25) is 0 Å². The fourth-order valence-electron chi connectivity index (χ4n) is 5.66. The summed E-state index contributed by atoms with van der Waals surface area (Å²) in [6.45, 7) is 8.74. The maximum atomic E-state index is 13.7. The van der Waals surface area contributed by atoms with Crippen LogP contribution in [-0.2, 0) is 11.2 Å². The third kappa shape index (κ3) is 5.60. The second-order valence-electron chi connectivity index (χ2n) is 10.6. The van der Waals surface area contributed by atoms with Gasteiger partial charge in [-0.15, -0.1) is 0 Å². The number of likely N-dealkylation sites (tertiary alicyclic amines) is 1. The Labute approximate surface area is 215 Å². The first-order chi connectivity index (χ1) is 17.5. The molecule has 1 amide bonds. The lowest BCUT2D eigenvalue weighted by atomic mass is 9.90. The maximum Gasteiger partial charge on any atom is 0.257 e. The third-order valence-corrected chi connectivity index (χ3v) is 7.74. The van der Waals surface area contributed by atoms with Crippen molar-refractivity contribution in [2.24, 2.45) is 11.0 Å². The van der Waals surface area contributed by atoms with E-state index in [2.05, 4.69) is 98.5 Å². The van der Waals surface area contributed by atoms with Gasteiger partial charge in [0.05, 0.1) is 18.3 Å². The molecule has 2 heterocycles. The molecule has 4 nitrogen and oxygen atoms in total. The van der Waals surface area contributed by atoms with E-state index in [-0.39, 0.29) is 11.9 Å². The molecule has 2 aliphatic heterocycles. The van der Waals surface area contributed by atoms with Gasteiger partial charge in [0.1, 0.15) is 0 Å². The normalized spacial score (nSPS) is 18.9. The Hall–Kier alpha value is -3.24. The Balaban J connectivity index is 1.30. The van der Waals surface area contributed by atoms with Crippen LogP contribution in [0.5, 0.6) is 0 Å². The van der Waals surface area contributed by atoms with E-state index in [4.69, 9.17) is 5.10 Å². The molecule has 0 spiro atoms. The molecule has 3 aromatic carbocycles. The molecule has 0 bridgehead atoms. The zero-order valence-corrected chi connectivity index (χ0v) is 21.8. The van der Waals surface area contributed by atoms with Crippen LogP contribution >= 0.6 is 0 Å². The molecule has 0 unspecified atom stereocenters. The molecule has 1 saturated heterocycles. The van der Waals surface area contributed by atoms with E-state index < -0.39 is 0 Å². The highest BCUT2D eigenvalue weighted by molar-refractivity contribution is 6.03. The number of benzene rings is 3. The van der Waals surface area contributed by atoms with Crippen molar-refractivity contribution in [1.29, 1.82) is 0 Å². The van der Waals surface area contributed by atoms with Crippen molar-refractivity contribution in [3.8, 4) is 0 Å². The number of hydrazone groups is 1. The smallest absolute Gasteiger partial charge is 0.257 e. The molecule has 186 valence electrons. The minimum absolute atomic E-state index is 0.0523. The molecular weight excluding hydrogens is 442 g/mol. The number of rotatable bonds is 6. The molecule has 0 aliphatic carbocycles. The minimum atomic E-state index is -0.0523. The van der Waals surface area contributed by atoms with Crippen LogP contribution in [-0.4, -0.2) is 41.2 Å². The lowest BCUT2D eigenvalue weighted by molar-refractivity contribution is -0.134. The first kappa shape index (κ1) is 24.5. The predicted molar refractivity (Wildman–Crippen MR) is 147 cm³/mol. The summed E-state index contributed by atoms with van der Waals surface area (Å²) in [7, 11) is 0. The van der Waals surface area contributed by atoms with E-state index in [0.29, 0.717) is 12.5 Å². The quantitative estimate of drug-likeness (QED) is 0.419. The number of piperidine rings is 1. The highest BCUT2D eigenvalue weighted by Crippen LogP contribution is 2.35. The number of nitrogens with zero attached hydrogens (tertiary/aromatic N) is 3. The van der Waals surface area contributed by atoms with Crippen molar-refractivity contribution in [1.82, 2.24) is 9.91 Å². The lowest BCUT2D eigenvalue weighted by Crippen LogP contribution is -2.42. The van der Waals surface area contributed by atoms with Gasteiger partial charge in [-0.2, -0.15) is 5.10 Å². The van der Waals surface area contributed by atoms with Gasteiger partial charge in [-0.05, 0) is 81.3 Å². The largest absolute Gasteiger partial charge is 0.294 e. The molecule has 5 rings (SSSR count). The second-order valence-corrected chi connectivity index (χ2v) is 10.6. The summed E-state index contributed by atoms with van der Waals surface area (Å²) < 4.78 is 0. The molecule has 2 aliphatic rings. The van der Waals surface area contributed by atoms with Gasteiger partial charge in [0.15, 0.2) is 0 Å². The van der Waals surface area contributed by atoms with Gasteiger partial charge in [-0.25, -0.2) is 5.01 Å². The zero-order chi connectivity index (χ0) is 25.1. The van der Waals surface area contributed by atoms with Crippen molar-refractivity contribution in [2.75, 3.05) is 19.6 Å². The van der Waals surface area contributed by atoms with E-state index >= 15 is 0 Å². The molecule has 0 saturated carbocycles. The maximum absolute atomic E-state index is 13.7. The van der Waals surface area contributed by atoms with Gasteiger partial charge < -0.3 is 0 Å². The van der Waals surface area contributed by atoms with Crippen molar-refractivity contribution in [2.45, 2.75) is 52.5 Å². The third-order valence-electron chi connectivity index (χ3n) is 7.74. The summed E-state index contributed by atoms with van der Waals surface area (Å²) in [4.78, 5) is 16.0. The highest BCUT2D eigenvalue weighted by atomic mass is 16.2. The molecular formula is C32H37N3O. The minimum Gasteiger partial charge on any atom is -0.294 e. The molecule has 3 aromatic rings. The first-order valence-corrected chi connectivity index (χ1v) is 13.3. The Bertz CT molecular complexity index is 1240. The van der Waals surface area contributed by atoms with Crippen LogP contribution in [0, 0.1) is 26.7 Å². The second kappa shape index (κ2) is 10.8. The van der Waals surface area contributed by atoms with Crippen LogP contribution in [0.4, 0.5) is 0 Å². The van der Waals surface area contributed by atoms with Gasteiger partial charge >= 0.3 is 0 Å². The van der Waals surface area contributed by atoms with Crippen LogP contribution in [0.25, 0.3) is 0 Å². The summed E-state index contributed by atoms with van der Waals surface area (Å²) in [6.07, 6.45) is 4.16. The van der Waals surface area contributed by atoms with Gasteiger partial charge in [-0.3, -0.25) is 9.69 Å². The van der Waals surface area contributed by atoms with Crippen molar-refractivity contribution in [3.63, 3.8) is 0 Å². The van der Waals surface area contributed by atoms with Crippen molar-refractivity contribution in [3.05, 3.63) is 106 Å². The molecule has 36 heavy (non-hydrogen) atoms. The Morgan fingerprint density at radius 2 is 1.64 bits per heavy atom. The summed E-state index contributed by atoms with van der Waals surface area (Å²) in [5.74, 6) is 0.796. The van der Waals surface area contributed by atoms with Crippen molar-refractivity contribution >= 4 is 11.6 Å². The molecule has 0 N–H and O–H groups in total. The average molecular weight is 480 g/mol. The molecule has 4 heteroatoms. The number of carbonyl (C=O) groups excluding carboxylic acids is 1. The number of aryl methyl sites for hydroxylation is 3. The topological polar surface area (TPSA) is 35.9 Å². The zero-order valence-electron chi connectivity index (χ0n) is 21.8. The molecule has 1 atom stereocenters. The van der Waals surface area contributed by atoms with Gasteiger partial charge in [0, 0.05) is 6.42 Å². The standard InChI is InChI=1S/C32H37N3O/c1-23-8-7-11-28(18-23)30-21-31(29-19-24(2)12-13-25(29)3)35(33-30)32(36)22-34-16-14-27(15-17-34)20-26-9-5-4-6-10-26/h4-13,18-19,27,31H,14-17,20-22H2,1-3H3/t31-/m1/s1. The number of hydrogen-bond acceptors (Lipinski definition) is 3. The summed E-state index contributed by atoms with van der Waals surface area (Å²) in [6, 6.07) is 25.7. The monoisotopic (exact) mass is 479 g/mol. The van der Waals surface area contributed by atoms with Gasteiger partial charge in [0.2, 0.25) is 0 Å². The number of carbonyl (C=O) groups is 1. The fraction of sp³-hybridized carbons (Fsp3) is 0.375. The van der Waals surface area contributed by atoms with Gasteiger partial charge in [-0.1, -0.05) is 83.9 Å². The van der Waals surface area contributed by atoms with Crippen molar-refractivity contribution < 1.29 is 4.79 Å². The van der Waals surface area contributed by atoms with Gasteiger partial charge in [0.25, 0.3) is 5.91 Å². The lowest BCUT2D eigenvalue weighted by Gasteiger charge is -2.33. The van der Waals surface area contributed by atoms with E-state index in [1.54, 1.807) is 5.01 Å². The summed E-state index contributed by atoms with van der Waals surface area (Å²) in [5, 5.41) is 6.73. The van der Waals surface area contributed by atoms with E-state index in [0.717, 1.165) is 50.0 Å². The van der Waals surface area contributed by atoms with Crippen LogP contribution < -0.4 is 0 Å². The van der Waals surface area contributed by atoms with E-state index in [9.17, 15) is 4.79 Å². The Morgan fingerprint density at radius 3 is 2.39 bits per heavy atom. The highest BCUT2D eigenvalue weighted by Gasteiger charge is 2.35. The Morgan fingerprint density at radius 1 is 0.889 bits per heavy atom. The number of amides is 1. The van der Waals surface area contributed by atoms with E-state index in [1.165, 1.54) is 27.8 Å². The summed E-state index contributed by atoms with van der Waals surface area (Å²) in [5.41, 5.74) is 8.37. The molecule has 0 aromatic heterocycles. The van der Waals surface area contributed by atoms with Crippen LogP contribution in [0.15, 0.2) is 77.9 Å². The SMILES string of the molecule is Cc1cccc(C2=NN(C(=O)CN3CCC(Cc4ccccc4)CC3)[C@@H](c3cc(C)ccc3C)C2)c1. The van der Waals surface area contributed by atoms with E-state index in [1.807, 2.05) is 0 Å². The average Bonchev–Trinajstić information content (AvgIpc) is 3.33. The predicted octanol–water partition coefficient (Wildman–Crippen LogP) is 6.24. The first-order valence-electron chi connectivity index (χ1n) is 13.3.